The summed E-state index contributed by atoms with van der Waals surface area (Å²) in [6.07, 6.45) is -0.464. The zero-order chi connectivity index (χ0) is 16.6. The molecule has 0 atom stereocenters. The van der Waals surface area contributed by atoms with Gasteiger partial charge in [0.05, 0.1) is 28.8 Å². The van der Waals surface area contributed by atoms with Crippen LogP contribution in [-0.4, -0.2) is 16.7 Å². The van der Waals surface area contributed by atoms with E-state index in [1.54, 1.807) is 12.4 Å². The second kappa shape index (κ2) is 5.68. The number of nitrogens with one attached hydrogen (secondary N) is 1. The van der Waals surface area contributed by atoms with Crippen molar-refractivity contribution in [2.75, 3.05) is 5.32 Å². The van der Waals surface area contributed by atoms with E-state index in [2.05, 4.69) is 15.3 Å². The van der Waals surface area contributed by atoms with Crippen molar-refractivity contribution in [3.05, 3.63) is 53.3 Å². The molecule has 0 spiro atoms. The van der Waals surface area contributed by atoms with Gasteiger partial charge < -0.3 is 5.32 Å². The van der Waals surface area contributed by atoms with Crippen LogP contribution in [0.25, 0.3) is 0 Å². The third-order valence-corrected chi connectivity index (χ3v) is 3.60. The van der Waals surface area contributed by atoms with Gasteiger partial charge in [-0.1, -0.05) is 6.07 Å². The molecule has 0 fully saturated rings. The molecule has 0 unspecified atom stereocenters. The minimum absolute atomic E-state index is 0.221. The van der Waals surface area contributed by atoms with Crippen molar-refractivity contribution in [2.24, 2.45) is 4.99 Å². The van der Waals surface area contributed by atoms with E-state index in [-0.39, 0.29) is 6.04 Å². The third kappa shape index (κ3) is 3.21. The molecule has 0 aliphatic carbocycles. The van der Waals surface area contributed by atoms with E-state index < -0.39 is 11.7 Å². The van der Waals surface area contributed by atoms with Gasteiger partial charge in [-0.15, -0.1) is 0 Å². The number of halogens is 3. The average Bonchev–Trinajstić information content (AvgIpc) is 2.89. The highest BCUT2D eigenvalue weighted by atomic mass is 19.4. The normalized spacial score (nSPS) is 13.9. The summed E-state index contributed by atoms with van der Waals surface area (Å²) in [4.78, 5) is 8.51. The average molecular weight is 319 g/mol. The Labute approximate surface area is 132 Å². The fraction of sp³-hybridized carbons (Fsp3) is 0.294. The minimum atomic E-state index is -4.35. The number of alkyl halides is 3. The SMILES string of the molecule is CC(C)Nc1cnccc1C1=Nc2cc(C(F)(F)F)ccc2C1. The number of anilines is 1. The molecule has 1 aliphatic rings. The van der Waals surface area contributed by atoms with E-state index in [0.29, 0.717) is 12.1 Å². The zero-order valence-electron chi connectivity index (χ0n) is 12.8. The lowest BCUT2D eigenvalue weighted by Crippen LogP contribution is -2.14. The van der Waals surface area contributed by atoms with Crippen molar-refractivity contribution in [3.63, 3.8) is 0 Å². The number of benzene rings is 1. The predicted octanol–water partition coefficient (Wildman–Crippen LogP) is 4.60. The van der Waals surface area contributed by atoms with Gasteiger partial charge in [-0.3, -0.25) is 9.98 Å². The van der Waals surface area contributed by atoms with Gasteiger partial charge in [0.15, 0.2) is 0 Å². The van der Waals surface area contributed by atoms with Crippen LogP contribution in [0, 0.1) is 0 Å². The fourth-order valence-corrected chi connectivity index (χ4v) is 2.59. The van der Waals surface area contributed by atoms with Gasteiger partial charge in [-0.2, -0.15) is 13.2 Å². The van der Waals surface area contributed by atoms with Crippen molar-refractivity contribution >= 4 is 17.1 Å². The van der Waals surface area contributed by atoms with Crippen molar-refractivity contribution in [2.45, 2.75) is 32.5 Å². The van der Waals surface area contributed by atoms with Crippen molar-refractivity contribution in [1.29, 1.82) is 0 Å². The molecule has 0 radical (unpaired) electrons. The van der Waals surface area contributed by atoms with E-state index in [4.69, 9.17) is 0 Å². The summed E-state index contributed by atoms with van der Waals surface area (Å²) in [5.41, 5.74) is 2.99. The number of hydrogen-bond acceptors (Lipinski definition) is 3. The van der Waals surface area contributed by atoms with E-state index in [9.17, 15) is 13.2 Å². The Morgan fingerprint density at radius 3 is 2.65 bits per heavy atom. The lowest BCUT2D eigenvalue weighted by molar-refractivity contribution is -0.137. The highest BCUT2D eigenvalue weighted by Gasteiger charge is 2.32. The first-order valence-electron chi connectivity index (χ1n) is 7.33. The first-order chi connectivity index (χ1) is 10.8. The summed E-state index contributed by atoms with van der Waals surface area (Å²) >= 11 is 0. The summed E-state index contributed by atoms with van der Waals surface area (Å²) in [6, 6.07) is 5.78. The Bertz CT molecular complexity index is 764. The molecule has 1 aromatic heterocycles. The highest BCUT2D eigenvalue weighted by Crippen LogP contribution is 2.37. The van der Waals surface area contributed by atoms with Gasteiger partial charge in [0, 0.05) is 24.2 Å². The van der Waals surface area contributed by atoms with Gasteiger partial charge in [-0.05, 0) is 37.6 Å². The molecule has 2 heterocycles. The molecule has 0 saturated carbocycles. The summed E-state index contributed by atoms with van der Waals surface area (Å²) in [6.45, 7) is 4.02. The monoisotopic (exact) mass is 319 g/mol. The number of aromatic nitrogens is 1. The van der Waals surface area contributed by atoms with Crippen molar-refractivity contribution in [3.8, 4) is 0 Å². The molecule has 3 nitrogen and oxygen atoms in total. The first-order valence-corrected chi connectivity index (χ1v) is 7.33. The Kier molecular flexibility index (Phi) is 3.83. The number of hydrogen-bond donors (Lipinski definition) is 1. The van der Waals surface area contributed by atoms with Crippen LogP contribution < -0.4 is 5.32 Å². The molecular formula is C17H16F3N3. The zero-order valence-corrected chi connectivity index (χ0v) is 12.8. The van der Waals surface area contributed by atoms with Crippen molar-refractivity contribution < 1.29 is 13.2 Å². The van der Waals surface area contributed by atoms with Gasteiger partial charge >= 0.3 is 6.18 Å². The molecule has 3 rings (SSSR count). The summed E-state index contributed by atoms with van der Waals surface area (Å²) in [7, 11) is 0. The van der Waals surface area contributed by atoms with Crippen LogP contribution in [0.15, 0.2) is 41.7 Å². The Morgan fingerprint density at radius 1 is 1.17 bits per heavy atom. The Balaban J connectivity index is 1.97. The van der Waals surface area contributed by atoms with Crippen LogP contribution in [-0.2, 0) is 12.6 Å². The molecular weight excluding hydrogens is 303 g/mol. The van der Waals surface area contributed by atoms with Gasteiger partial charge in [0.2, 0.25) is 0 Å². The highest BCUT2D eigenvalue weighted by molar-refractivity contribution is 6.09. The number of nitrogens with zero attached hydrogens (tertiary/aromatic N) is 2. The molecule has 120 valence electrons. The standard InChI is InChI=1S/C17H16F3N3/c1-10(2)22-16-9-21-6-5-13(16)15-7-11-3-4-12(17(18,19)20)8-14(11)23-15/h3-6,8-10,22H,7H2,1-2H3. The lowest BCUT2D eigenvalue weighted by Gasteiger charge is -2.13. The summed E-state index contributed by atoms with van der Waals surface area (Å²) in [5.74, 6) is 0. The minimum Gasteiger partial charge on any atom is -0.381 e. The molecule has 0 saturated heterocycles. The predicted molar refractivity (Wildman–Crippen MR) is 84.3 cm³/mol. The van der Waals surface area contributed by atoms with E-state index in [1.807, 2.05) is 19.9 Å². The number of rotatable bonds is 3. The maximum Gasteiger partial charge on any atom is 0.416 e. The Hall–Kier alpha value is -2.37. The third-order valence-electron chi connectivity index (χ3n) is 3.60. The second-order valence-electron chi connectivity index (χ2n) is 5.80. The first kappa shape index (κ1) is 15.5. The fourth-order valence-electron chi connectivity index (χ4n) is 2.59. The smallest absolute Gasteiger partial charge is 0.381 e. The van der Waals surface area contributed by atoms with E-state index >= 15 is 0 Å². The Morgan fingerprint density at radius 2 is 1.96 bits per heavy atom. The number of aliphatic imine (C=N–C) groups is 1. The van der Waals surface area contributed by atoms with Gasteiger partial charge in [0.1, 0.15) is 0 Å². The maximum absolute atomic E-state index is 12.8. The van der Waals surface area contributed by atoms with Crippen LogP contribution in [0.3, 0.4) is 0 Å². The van der Waals surface area contributed by atoms with Crippen LogP contribution in [0.2, 0.25) is 0 Å². The van der Waals surface area contributed by atoms with Crippen LogP contribution >= 0.6 is 0 Å². The van der Waals surface area contributed by atoms with Crippen LogP contribution in [0.4, 0.5) is 24.5 Å². The van der Waals surface area contributed by atoms with E-state index in [0.717, 1.165) is 34.7 Å². The molecule has 23 heavy (non-hydrogen) atoms. The molecule has 0 amide bonds. The van der Waals surface area contributed by atoms with Gasteiger partial charge in [-0.25, -0.2) is 0 Å². The van der Waals surface area contributed by atoms with Crippen molar-refractivity contribution in [1.82, 2.24) is 4.98 Å². The maximum atomic E-state index is 12.8. The lowest BCUT2D eigenvalue weighted by atomic mass is 10.0. The molecule has 6 heteroatoms. The van der Waals surface area contributed by atoms with Crippen LogP contribution in [0.1, 0.15) is 30.5 Å². The van der Waals surface area contributed by atoms with E-state index in [1.165, 1.54) is 6.07 Å². The summed E-state index contributed by atoms with van der Waals surface area (Å²) < 4.78 is 38.5. The number of pyridine rings is 1. The molecule has 1 N–H and O–H groups in total. The quantitative estimate of drug-likeness (QED) is 0.898. The molecule has 1 aliphatic heterocycles. The molecule has 2 aromatic rings. The second-order valence-corrected chi connectivity index (χ2v) is 5.80. The topological polar surface area (TPSA) is 37.3 Å². The molecule has 0 bridgehead atoms. The largest absolute Gasteiger partial charge is 0.416 e. The number of fused-ring (bicyclic) bond motifs is 1. The van der Waals surface area contributed by atoms with Gasteiger partial charge in [0.25, 0.3) is 0 Å². The van der Waals surface area contributed by atoms with Crippen LogP contribution in [0.5, 0.6) is 0 Å². The summed E-state index contributed by atoms with van der Waals surface area (Å²) in [5, 5.41) is 3.29. The molecule has 1 aromatic carbocycles.